The third kappa shape index (κ3) is 5840000. The van der Waals surface area contributed by atoms with Gasteiger partial charge in [-0.2, -0.15) is 0 Å². The van der Waals surface area contributed by atoms with E-state index in [1.807, 2.05) is 0 Å². The average Bonchev–Trinajstić information content (AvgIpc) is 1.25. The molecule has 0 aromatic rings. The van der Waals surface area contributed by atoms with Gasteiger partial charge in [0, 0.05) is 5.97 Å². The molecule has 0 fully saturated rings. The minimum Gasteiger partial charge on any atom is -0.584 e. The van der Waals surface area contributed by atoms with Crippen LogP contribution in [0.3, 0.4) is 0 Å². The molecular formula is C4H5CuO4Pd. The third-order valence-electron chi connectivity index (χ3n) is 0. The van der Waals surface area contributed by atoms with E-state index in [0.29, 0.717) is 0 Å². The molecule has 0 aliphatic carbocycles. The molecule has 0 N–H and O–H groups in total. The first-order valence-corrected chi connectivity index (χ1v) is 1.67. The molecule has 0 radical (unpaired) electrons. The zero-order valence-electron chi connectivity index (χ0n) is 4.96. The molecule has 0 aliphatic heterocycles. The molecule has 0 amide bonds. The van der Waals surface area contributed by atoms with E-state index in [9.17, 15) is 0 Å². The number of hydrogen-bond acceptors (Lipinski definition) is 4. The van der Waals surface area contributed by atoms with Crippen molar-refractivity contribution < 1.29 is 57.3 Å². The largest absolute Gasteiger partial charge is 2.00 e. The number of hydrogen-bond donors (Lipinski definition) is 0. The van der Waals surface area contributed by atoms with E-state index in [0.717, 1.165) is 6.92 Å². The second-order valence-electron chi connectivity index (χ2n) is 0.864. The summed E-state index contributed by atoms with van der Waals surface area (Å²) < 4.78 is 0. The first kappa shape index (κ1) is 22.5. The van der Waals surface area contributed by atoms with Gasteiger partial charge in [0.1, 0.15) is 0 Å². The normalized spacial score (nSPS) is 4.90. The van der Waals surface area contributed by atoms with Gasteiger partial charge in [-0.1, -0.05) is 0 Å². The van der Waals surface area contributed by atoms with Crippen molar-refractivity contribution in [1.29, 1.82) is 0 Å². The maximum absolute atomic E-state index is 8.89. The molecule has 0 atom stereocenters. The van der Waals surface area contributed by atoms with Crippen molar-refractivity contribution in [3.8, 4) is 0 Å². The fourth-order valence-electron chi connectivity index (χ4n) is 0. The van der Waals surface area contributed by atoms with E-state index < -0.39 is 11.9 Å². The van der Waals surface area contributed by atoms with Crippen molar-refractivity contribution >= 4 is 11.9 Å². The number of carboxylic acids is 2. The summed E-state index contributed by atoms with van der Waals surface area (Å²) >= 11 is 0. The first-order chi connectivity index (χ1) is 3.46. The summed E-state index contributed by atoms with van der Waals surface area (Å²) in [6.07, 6.45) is 0. The Kier molecular flexibility index (Phi) is 36.0. The van der Waals surface area contributed by atoms with E-state index in [-0.39, 0.29) is 37.5 Å². The van der Waals surface area contributed by atoms with Crippen molar-refractivity contribution in [2.45, 2.75) is 6.92 Å². The molecule has 0 unspecified atom stereocenters. The van der Waals surface area contributed by atoms with Gasteiger partial charge >= 0.3 is 37.5 Å². The Hall–Kier alpha value is -0.00818. The number of carbonyl (C=O) groups excluding carboxylic acids is 2. The molecular weight excluding hydrogens is 282 g/mol. The number of carboxylic acid groups (broad SMARTS) is 2. The van der Waals surface area contributed by atoms with Crippen LogP contribution in [-0.4, -0.2) is 11.9 Å². The van der Waals surface area contributed by atoms with Crippen molar-refractivity contribution in [3.05, 3.63) is 6.92 Å². The second kappa shape index (κ2) is 16.0. The topological polar surface area (TPSA) is 80.3 Å². The van der Waals surface area contributed by atoms with Gasteiger partial charge in [0.2, 0.25) is 0 Å². The SMILES string of the molecule is CC(=O)[O-].[CH2-]C(=O)[O-].[Cu+].[Pd+2]. The maximum atomic E-state index is 8.89. The van der Waals surface area contributed by atoms with Crippen LogP contribution < -0.4 is 10.2 Å². The Morgan fingerprint density at radius 2 is 1.30 bits per heavy atom. The van der Waals surface area contributed by atoms with E-state index in [2.05, 4.69) is 6.92 Å². The van der Waals surface area contributed by atoms with Crippen LogP contribution >= 0.6 is 0 Å². The molecule has 10 heavy (non-hydrogen) atoms. The zero-order valence-corrected chi connectivity index (χ0v) is 7.45. The maximum Gasteiger partial charge on any atom is 2.00 e. The molecule has 66 valence electrons. The predicted molar refractivity (Wildman–Crippen MR) is 21.0 cm³/mol. The van der Waals surface area contributed by atoms with Crippen LogP contribution in [0, 0.1) is 6.92 Å². The van der Waals surface area contributed by atoms with Crippen LogP contribution in [0.15, 0.2) is 0 Å². The van der Waals surface area contributed by atoms with Gasteiger partial charge in [-0.05, 0) is 6.92 Å². The van der Waals surface area contributed by atoms with Gasteiger partial charge in [0.15, 0.2) is 0 Å². The summed E-state index contributed by atoms with van der Waals surface area (Å²) in [4.78, 5) is 17.7. The van der Waals surface area contributed by atoms with Crippen LogP contribution in [0.1, 0.15) is 6.92 Å². The minimum atomic E-state index is -1.33. The van der Waals surface area contributed by atoms with E-state index >= 15 is 0 Å². The number of carbonyl (C=O) groups is 2. The quantitative estimate of drug-likeness (QED) is 0.359. The molecule has 0 rings (SSSR count). The average molecular weight is 287 g/mol. The first-order valence-electron chi connectivity index (χ1n) is 1.67. The Morgan fingerprint density at radius 3 is 1.30 bits per heavy atom. The van der Waals surface area contributed by atoms with Gasteiger partial charge in [-0.3, -0.25) is 0 Å². The van der Waals surface area contributed by atoms with E-state index in [4.69, 9.17) is 19.8 Å². The van der Waals surface area contributed by atoms with Crippen molar-refractivity contribution in [1.82, 2.24) is 0 Å². The second-order valence-corrected chi connectivity index (χ2v) is 0.864. The van der Waals surface area contributed by atoms with E-state index in [1.54, 1.807) is 0 Å². The Labute approximate surface area is 83.1 Å². The molecule has 0 saturated heterocycles. The Morgan fingerprint density at radius 1 is 1.30 bits per heavy atom. The summed E-state index contributed by atoms with van der Waals surface area (Å²) in [5, 5.41) is 17.7. The molecule has 0 saturated carbocycles. The van der Waals surface area contributed by atoms with Gasteiger partial charge in [-0.15, -0.1) is 5.97 Å². The minimum absolute atomic E-state index is 0. The molecule has 0 heterocycles. The Balaban J connectivity index is -0.0000000300. The summed E-state index contributed by atoms with van der Waals surface area (Å²) in [5.74, 6) is -2.42. The van der Waals surface area contributed by atoms with Crippen LogP contribution in [-0.2, 0) is 47.1 Å². The van der Waals surface area contributed by atoms with Gasteiger partial charge in [0.05, 0.1) is 0 Å². The number of aliphatic carboxylic acids is 2. The van der Waals surface area contributed by atoms with E-state index in [1.165, 1.54) is 0 Å². The summed E-state index contributed by atoms with van der Waals surface area (Å²) in [5.41, 5.74) is 0. The Bertz CT molecular complexity index is 75.3. The monoisotopic (exact) mass is 286 g/mol. The standard InChI is InChI=1S/C2H4O2.C2H3O2.Cu.Pd/c2*1-2(3)4;;/h1H3,(H,3,4);1H2,(H,3,4);;/q;-1;+1;+2/p-2. The molecule has 6 heteroatoms. The summed E-state index contributed by atoms with van der Waals surface area (Å²) in [6, 6.07) is 0. The third-order valence-corrected chi connectivity index (χ3v) is 0. The fourth-order valence-corrected chi connectivity index (χ4v) is 0. The zero-order chi connectivity index (χ0) is 7.15. The summed E-state index contributed by atoms with van der Waals surface area (Å²) in [7, 11) is 0. The molecule has 0 bridgehead atoms. The van der Waals surface area contributed by atoms with Crippen molar-refractivity contribution in [3.63, 3.8) is 0 Å². The molecule has 0 aromatic carbocycles. The van der Waals surface area contributed by atoms with Crippen molar-refractivity contribution in [2.75, 3.05) is 0 Å². The molecule has 4 nitrogen and oxygen atoms in total. The van der Waals surface area contributed by atoms with Crippen LogP contribution in [0.25, 0.3) is 0 Å². The van der Waals surface area contributed by atoms with Crippen LogP contribution in [0.2, 0.25) is 0 Å². The van der Waals surface area contributed by atoms with Gasteiger partial charge in [-0.25, -0.2) is 0 Å². The smallest absolute Gasteiger partial charge is 0.584 e. The van der Waals surface area contributed by atoms with Crippen molar-refractivity contribution in [2.24, 2.45) is 0 Å². The molecule has 0 spiro atoms. The predicted octanol–water partition coefficient (Wildman–Crippen LogP) is -2.68. The molecule has 0 aliphatic rings. The summed E-state index contributed by atoms with van der Waals surface area (Å²) in [6.45, 7) is 3.42. The van der Waals surface area contributed by atoms with Gasteiger partial charge in [0.25, 0.3) is 0 Å². The van der Waals surface area contributed by atoms with Crippen LogP contribution in [0.5, 0.6) is 0 Å². The fraction of sp³-hybridized carbons (Fsp3) is 0.250. The molecule has 0 aromatic heterocycles. The van der Waals surface area contributed by atoms with Gasteiger partial charge < -0.3 is 26.7 Å². The van der Waals surface area contributed by atoms with Crippen LogP contribution in [0.4, 0.5) is 0 Å². The number of rotatable bonds is 0.